The van der Waals surface area contributed by atoms with Crippen molar-refractivity contribution < 1.29 is 14.7 Å². The van der Waals surface area contributed by atoms with Crippen LogP contribution in [0.3, 0.4) is 0 Å². The number of urea groups is 1. The van der Waals surface area contributed by atoms with Crippen molar-refractivity contribution in [2.45, 2.75) is 6.92 Å². The van der Waals surface area contributed by atoms with Crippen LogP contribution in [0, 0.1) is 0 Å². The van der Waals surface area contributed by atoms with Crippen molar-refractivity contribution in [2.75, 3.05) is 11.9 Å². The maximum Gasteiger partial charge on any atom is 0.335 e. The van der Waals surface area contributed by atoms with E-state index in [1.807, 2.05) is 6.92 Å². The molecule has 2 rings (SSSR count). The molecule has 0 radical (unpaired) electrons. The summed E-state index contributed by atoms with van der Waals surface area (Å²) in [7, 11) is 0. The fourth-order valence-corrected chi connectivity index (χ4v) is 2.31. The number of fused-ring (bicyclic) bond motifs is 1. The molecule has 6 nitrogen and oxygen atoms in total. The van der Waals surface area contributed by atoms with Gasteiger partial charge in [-0.3, -0.25) is 5.32 Å². The van der Waals surface area contributed by atoms with Gasteiger partial charge in [0.15, 0.2) is 5.13 Å². The molecule has 2 amide bonds. The van der Waals surface area contributed by atoms with E-state index in [9.17, 15) is 9.59 Å². The van der Waals surface area contributed by atoms with Crippen molar-refractivity contribution in [3.05, 3.63) is 23.8 Å². The first-order valence-electron chi connectivity index (χ1n) is 5.29. The van der Waals surface area contributed by atoms with Crippen LogP contribution in [0.25, 0.3) is 10.2 Å². The van der Waals surface area contributed by atoms with E-state index in [1.54, 1.807) is 6.07 Å². The molecule has 0 unspecified atom stereocenters. The Hall–Kier alpha value is -2.15. The summed E-state index contributed by atoms with van der Waals surface area (Å²) in [6, 6.07) is 4.33. The minimum atomic E-state index is -0.983. The molecule has 18 heavy (non-hydrogen) atoms. The first-order chi connectivity index (χ1) is 8.60. The number of rotatable bonds is 3. The van der Waals surface area contributed by atoms with E-state index >= 15 is 0 Å². The molecular weight excluding hydrogens is 254 g/mol. The summed E-state index contributed by atoms with van der Waals surface area (Å²) in [5.41, 5.74) is 0.868. The summed E-state index contributed by atoms with van der Waals surface area (Å²) in [4.78, 5) is 26.3. The lowest BCUT2D eigenvalue weighted by molar-refractivity contribution is 0.0697. The van der Waals surface area contributed by atoms with E-state index in [2.05, 4.69) is 15.6 Å². The van der Waals surface area contributed by atoms with Gasteiger partial charge in [-0.15, -0.1) is 0 Å². The first-order valence-corrected chi connectivity index (χ1v) is 6.10. The summed E-state index contributed by atoms with van der Waals surface area (Å²) < 4.78 is 0.724. The Morgan fingerprint density at radius 1 is 1.44 bits per heavy atom. The van der Waals surface area contributed by atoms with Gasteiger partial charge >= 0.3 is 12.0 Å². The standard InChI is InChI=1S/C11H11N3O3S/c1-2-12-10(17)14-11-13-7-4-3-6(9(15)16)5-8(7)18-11/h3-5H,2H2,1H3,(H,15,16)(H2,12,13,14,17). The fraction of sp³-hybridized carbons (Fsp3) is 0.182. The predicted molar refractivity (Wildman–Crippen MR) is 69.3 cm³/mol. The number of hydrogen-bond acceptors (Lipinski definition) is 4. The normalized spacial score (nSPS) is 10.3. The first kappa shape index (κ1) is 12.3. The minimum absolute atomic E-state index is 0.204. The number of carboxylic acid groups (broad SMARTS) is 1. The van der Waals surface area contributed by atoms with Gasteiger partial charge in [-0.2, -0.15) is 0 Å². The molecule has 0 aliphatic rings. The van der Waals surface area contributed by atoms with Crippen LogP contribution in [-0.4, -0.2) is 28.6 Å². The minimum Gasteiger partial charge on any atom is -0.478 e. The Balaban J connectivity index is 2.27. The smallest absolute Gasteiger partial charge is 0.335 e. The molecule has 1 aromatic heterocycles. The number of carboxylic acids is 1. The SMILES string of the molecule is CCNC(=O)Nc1nc2ccc(C(=O)O)cc2s1. The van der Waals surface area contributed by atoms with Gasteiger partial charge in [0.05, 0.1) is 15.8 Å². The highest BCUT2D eigenvalue weighted by molar-refractivity contribution is 7.22. The Morgan fingerprint density at radius 3 is 2.89 bits per heavy atom. The lowest BCUT2D eigenvalue weighted by Gasteiger charge is -2.00. The molecule has 0 saturated carbocycles. The Labute approximate surface area is 107 Å². The number of hydrogen-bond donors (Lipinski definition) is 3. The molecule has 3 N–H and O–H groups in total. The van der Waals surface area contributed by atoms with Crippen LogP contribution in [0.1, 0.15) is 17.3 Å². The molecule has 7 heteroatoms. The van der Waals surface area contributed by atoms with Crippen LogP contribution < -0.4 is 10.6 Å². The monoisotopic (exact) mass is 265 g/mol. The van der Waals surface area contributed by atoms with Crippen molar-refractivity contribution in [2.24, 2.45) is 0 Å². The number of benzene rings is 1. The van der Waals surface area contributed by atoms with E-state index in [-0.39, 0.29) is 11.6 Å². The zero-order valence-corrected chi connectivity index (χ0v) is 10.4. The zero-order valence-electron chi connectivity index (χ0n) is 9.56. The second-order valence-electron chi connectivity index (χ2n) is 3.49. The summed E-state index contributed by atoms with van der Waals surface area (Å²) in [6.07, 6.45) is 0. The molecule has 0 aliphatic heterocycles. The predicted octanol–water partition coefficient (Wildman–Crippen LogP) is 2.14. The average molecular weight is 265 g/mol. The lowest BCUT2D eigenvalue weighted by atomic mass is 10.2. The van der Waals surface area contributed by atoms with E-state index in [0.29, 0.717) is 17.2 Å². The van der Waals surface area contributed by atoms with Crippen LogP contribution >= 0.6 is 11.3 Å². The molecule has 1 heterocycles. The molecule has 0 spiro atoms. The molecular formula is C11H11N3O3S. The number of carbonyl (C=O) groups is 2. The second kappa shape index (κ2) is 5.01. The van der Waals surface area contributed by atoms with Gasteiger partial charge in [-0.05, 0) is 25.1 Å². The van der Waals surface area contributed by atoms with Crippen LogP contribution in [0.5, 0.6) is 0 Å². The fourth-order valence-electron chi connectivity index (χ4n) is 1.41. The van der Waals surface area contributed by atoms with E-state index < -0.39 is 5.97 Å². The molecule has 0 fully saturated rings. The van der Waals surface area contributed by atoms with Gasteiger partial charge in [0.1, 0.15) is 0 Å². The summed E-state index contributed by atoms with van der Waals surface area (Å²) in [5.74, 6) is -0.983. The van der Waals surface area contributed by atoms with Gasteiger partial charge in [0, 0.05) is 6.54 Å². The number of nitrogens with zero attached hydrogens (tertiary/aromatic N) is 1. The summed E-state index contributed by atoms with van der Waals surface area (Å²) >= 11 is 1.24. The summed E-state index contributed by atoms with van der Waals surface area (Å²) in [5, 5.41) is 14.5. The average Bonchev–Trinajstić information content (AvgIpc) is 2.69. The molecule has 0 saturated heterocycles. The van der Waals surface area contributed by atoms with E-state index in [1.165, 1.54) is 23.5 Å². The van der Waals surface area contributed by atoms with Crippen LogP contribution in [0.15, 0.2) is 18.2 Å². The second-order valence-corrected chi connectivity index (χ2v) is 4.52. The molecule has 94 valence electrons. The third-order valence-electron chi connectivity index (χ3n) is 2.19. The highest BCUT2D eigenvalue weighted by Crippen LogP contribution is 2.26. The van der Waals surface area contributed by atoms with Crippen molar-refractivity contribution >= 4 is 38.7 Å². The Kier molecular flexibility index (Phi) is 3.42. The molecule has 0 bridgehead atoms. The quantitative estimate of drug-likeness (QED) is 0.792. The van der Waals surface area contributed by atoms with Crippen LogP contribution in [0.4, 0.5) is 9.93 Å². The largest absolute Gasteiger partial charge is 0.478 e. The Bertz CT molecular complexity index is 609. The topological polar surface area (TPSA) is 91.3 Å². The van der Waals surface area contributed by atoms with Crippen LogP contribution in [-0.2, 0) is 0 Å². The highest BCUT2D eigenvalue weighted by atomic mass is 32.1. The van der Waals surface area contributed by atoms with Gasteiger partial charge in [0.25, 0.3) is 0 Å². The number of aromatic carboxylic acids is 1. The van der Waals surface area contributed by atoms with E-state index in [0.717, 1.165) is 4.70 Å². The van der Waals surface area contributed by atoms with Gasteiger partial charge in [0.2, 0.25) is 0 Å². The number of anilines is 1. The molecule has 2 aromatic rings. The van der Waals surface area contributed by atoms with Crippen molar-refractivity contribution in [3.63, 3.8) is 0 Å². The van der Waals surface area contributed by atoms with Crippen molar-refractivity contribution in [1.82, 2.24) is 10.3 Å². The zero-order chi connectivity index (χ0) is 13.1. The molecule has 0 atom stereocenters. The highest BCUT2D eigenvalue weighted by Gasteiger charge is 2.09. The third kappa shape index (κ3) is 2.57. The maximum absolute atomic E-state index is 11.3. The van der Waals surface area contributed by atoms with Crippen LogP contribution in [0.2, 0.25) is 0 Å². The van der Waals surface area contributed by atoms with Crippen molar-refractivity contribution in [1.29, 1.82) is 0 Å². The lowest BCUT2D eigenvalue weighted by Crippen LogP contribution is -2.28. The summed E-state index contributed by atoms with van der Waals surface area (Å²) in [6.45, 7) is 2.34. The molecule has 1 aromatic carbocycles. The third-order valence-corrected chi connectivity index (χ3v) is 3.13. The maximum atomic E-state index is 11.3. The molecule has 0 aliphatic carbocycles. The number of nitrogens with one attached hydrogen (secondary N) is 2. The van der Waals surface area contributed by atoms with E-state index in [4.69, 9.17) is 5.11 Å². The Morgan fingerprint density at radius 2 is 2.22 bits per heavy atom. The van der Waals surface area contributed by atoms with Gasteiger partial charge in [-0.25, -0.2) is 14.6 Å². The van der Waals surface area contributed by atoms with Gasteiger partial charge in [-0.1, -0.05) is 11.3 Å². The van der Waals surface area contributed by atoms with Gasteiger partial charge < -0.3 is 10.4 Å². The number of aromatic nitrogens is 1. The number of amides is 2. The number of carbonyl (C=O) groups excluding carboxylic acids is 1. The van der Waals surface area contributed by atoms with Crippen molar-refractivity contribution in [3.8, 4) is 0 Å². The number of thiazole rings is 1.